The largest absolute Gasteiger partial charge is 0.493 e. The molecule has 0 fully saturated rings. The fourth-order valence-corrected chi connectivity index (χ4v) is 3.26. The molecular weight excluding hydrogens is 477 g/mol. The van der Waals surface area contributed by atoms with E-state index in [2.05, 4.69) is 34.0 Å². The van der Waals surface area contributed by atoms with Gasteiger partial charge in [0.05, 0.1) is 26.9 Å². The molecule has 0 radical (unpaired) electrons. The van der Waals surface area contributed by atoms with Gasteiger partial charge in [0.15, 0.2) is 17.5 Å². The number of benzene rings is 1. The maximum Gasteiger partial charge on any atom is 0.191 e. The summed E-state index contributed by atoms with van der Waals surface area (Å²) < 4.78 is 10.5. The molecule has 1 aromatic carbocycles. The standard InChI is InChI=1S/C19H27N3O3S.HI/c1-5-20-19(22-12-18-13(2)8-9-26-18)21-11-15(23)14-6-7-16(24-3)17(10-14)25-4;/h6-10,15,23H,5,11-12H2,1-4H3,(H2,20,21,22);1H. The molecule has 1 unspecified atom stereocenters. The van der Waals surface area contributed by atoms with Crippen LogP contribution in [0.25, 0.3) is 0 Å². The first kappa shape index (κ1) is 23.5. The van der Waals surface area contributed by atoms with Crippen LogP contribution in [0.1, 0.15) is 29.0 Å². The van der Waals surface area contributed by atoms with Gasteiger partial charge < -0.3 is 25.2 Å². The summed E-state index contributed by atoms with van der Waals surface area (Å²) in [5.74, 6) is 1.91. The van der Waals surface area contributed by atoms with Crippen LogP contribution in [0.4, 0.5) is 0 Å². The second-order valence-electron chi connectivity index (χ2n) is 5.73. The molecule has 0 saturated heterocycles. The van der Waals surface area contributed by atoms with Crippen LogP contribution in [0, 0.1) is 6.92 Å². The summed E-state index contributed by atoms with van der Waals surface area (Å²) in [6.45, 7) is 5.80. The number of rotatable bonds is 8. The predicted molar refractivity (Wildman–Crippen MR) is 122 cm³/mol. The molecule has 2 aromatic rings. The molecule has 8 heteroatoms. The zero-order valence-corrected chi connectivity index (χ0v) is 19.3. The van der Waals surface area contributed by atoms with Gasteiger partial charge in [-0.2, -0.15) is 0 Å². The number of hydrogen-bond donors (Lipinski definition) is 3. The van der Waals surface area contributed by atoms with Gasteiger partial charge in [0.25, 0.3) is 0 Å². The van der Waals surface area contributed by atoms with E-state index in [-0.39, 0.29) is 24.0 Å². The number of ether oxygens (including phenoxy) is 2. The second kappa shape index (κ2) is 12.0. The molecular formula is C19H28IN3O3S. The Morgan fingerprint density at radius 1 is 1.19 bits per heavy atom. The van der Waals surface area contributed by atoms with Gasteiger partial charge in [-0.25, -0.2) is 4.99 Å². The highest BCUT2D eigenvalue weighted by Gasteiger charge is 2.12. The van der Waals surface area contributed by atoms with Crippen molar-refractivity contribution in [2.24, 2.45) is 4.99 Å². The Balaban J connectivity index is 0.00000364. The third-order valence-electron chi connectivity index (χ3n) is 3.95. The van der Waals surface area contributed by atoms with Gasteiger partial charge in [0.2, 0.25) is 0 Å². The molecule has 1 heterocycles. The van der Waals surface area contributed by atoms with Gasteiger partial charge in [-0.1, -0.05) is 6.07 Å². The third kappa shape index (κ3) is 6.86. The molecule has 0 aliphatic rings. The third-order valence-corrected chi connectivity index (χ3v) is 4.96. The summed E-state index contributed by atoms with van der Waals surface area (Å²) in [5.41, 5.74) is 2.00. The first-order valence-corrected chi connectivity index (χ1v) is 9.42. The van der Waals surface area contributed by atoms with Crippen molar-refractivity contribution in [2.75, 3.05) is 27.3 Å². The average molecular weight is 505 g/mol. The lowest BCUT2D eigenvalue weighted by Crippen LogP contribution is -2.39. The minimum Gasteiger partial charge on any atom is -0.493 e. The van der Waals surface area contributed by atoms with Gasteiger partial charge in [0, 0.05) is 18.0 Å². The van der Waals surface area contributed by atoms with E-state index in [0.29, 0.717) is 30.5 Å². The SMILES string of the molecule is CCNC(=NCc1sccc1C)NCC(O)c1ccc(OC)c(OC)c1.I. The summed E-state index contributed by atoms with van der Waals surface area (Å²) >= 11 is 1.70. The topological polar surface area (TPSA) is 75.1 Å². The van der Waals surface area contributed by atoms with E-state index in [0.717, 1.165) is 12.1 Å². The molecule has 2 rings (SSSR count). The number of hydrogen-bond acceptors (Lipinski definition) is 5. The van der Waals surface area contributed by atoms with E-state index in [1.165, 1.54) is 10.4 Å². The van der Waals surface area contributed by atoms with Gasteiger partial charge in [0.1, 0.15) is 0 Å². The Morgan fingerprint density at radius 3 is 2.52 bits per heavy atom. The van der Waals surface area contributed by atoms with E-state index >= 15 is 0 Å². The first-order valence-electron chi connectivity index (χ1n) is 8.54. The minimum atomic E-state index is -0.692. The summed E-state index contributed by atoms with van der Waals surface area (Å²) in [5, 5.41) is 18.9. The zero-order valence-electron chi connectivity index (χ0n) is 16.1. The van der Waals surface area contributed by atoms with Crippen LogP contribution in [0.3, 0.4) is 0 Å². The number of aryl methyl sites for hydroxylation is 1. The number of guanidine groups is 1. The van der Waals surface area contributed by atoms with E-state index in [4.69, 9.17) is 9.47 Å². The van der Waals surface area contributed by atoms with Crippen molar-refractivity contribution < 1.29 is 14.6 Å². The van der Waals surface area contributed by atoms with Gasteiger partial charge in [-0.15, -0.1) is 35.3 Å². The highest BCUT2D eigenvalue weighted by molar-refractivity contribution is 14.0. The smallest absolute Gasteiger partial charge is 0.191 e. The number of nitrogens with zero attached hydrogens (tertiary/aromatic N) is 1. The second-order valence-corrected chi connectivity index (χ2v) is 6.73. The minimum absolute atomic E-state index is 0. The van der Waals surface area contributed by atoms with E-state index in [9.17, 15) is 5.11 Å². The molecule has 0 amide bonds. The Kier molecular flexibility index (Phi) is 10.5. The van der Waals surface area contributed by atoms with Crippen molar-refractivity contribution in [1.82, 2.24) is 10.6 Å². The van der Waals surface area contributed by atoms with Crippen molar-refractivity contribution in [1.29, 1.82) is 0 Å². The van der Waals surface area contributed by atoms with Crippen LogP contribution < -0.4 is 20.1 Å². The zero-order chi connectivity index (χ0) is 18.9. The number of nitrogens with one attached hydrogen (secondary N) is 2. The Bertz CT molecular complexity index is 737. The molecule has 1 atom stereocenters. The highest BCUT2D eigenvalue weighted by Crippen LogP contribution is 2.29. The van der Waals surface area contributed by atoms with E-state index < -0.39 is 6.10 Å². The molecule has 0 spiro atoms. The summed E-state index contributed by atoms with van der Waals surface area (Å²) in [6, 6.07) is 7.49. The number of aliphatic hydroxyl groups excluding tert-OH is 1. The van der Waals surface area contributed by atoms with Crippen LogP contribution in [0.2, 0.25) is 0 Å². The van der Waals surface area contributed by atoms with E-state index in [1.54, 1.807) is 37.7 Å². The first-order chi connectivity index (χ1) is 12.6. The fourth-order valence-electron chi connectivity index (χ4n) is 2.43. The molecule has 1 aromatic heterocycles. The van der Waals surface area contributed by atoms with Crippen LogP contribution in [-0.4, -0.2) is 38.4 Å². The van der Waals surface area contributed by atoms with Crippen LogP contribution in [0.15, 0.2) is 34.6 Å². The predicted octanol–water partition coefficient (Wildman–Crippen LogP) is 3.48. The molecule has 3 N–H and O–H groups in total. The number of thiophene rings is 1. The maximum absolute atomic E-state index is 10.5. The Morgan fingerprint density at radius 2 is 1.93 bits per heavy atom. The Labute approximate surface area is 182 Å². The lowest BCUT2D eigenvalue weighted by atomic mass is 10.1. The number of halogens is 1. The molecule has 6 nitrogen and oxygen atoms in total. The van der Waals surface area contributed by atoms with Crippen LogP contribution in [-0.2, 0) is 6.54 Å². The van der Waals surface area contributed by atoms with Crippen LogP contribution in [0.5, 0.6) is 11.5 Å². The molecule has 0 saturated carbocycles. The molecule has 0 aliphatic carbocycles. The van der Waals surface area contributed by atoms with Crippen molar-refractivity contribution >= 4 is 41.3 Å². The normalized spacial score (nSPS) is 12.1. The molecule has 27 heavy (non-hydrogen) atoms. The van der Waals surface area contributed by atoms with Crippen molar-refractivity contribution in [3.05, 3.63) is 45.6 Å². The van der Waals surface area contributed by atoms with Crippen LogP contribution >= 0.6 is 35.3 Å². The quantitative estimate of drug-likeness (QED) is 0.291. The van der Waals surface area contributed by atoms with Gasteiger partial charge in [-0.05, 0) is 48.6 Å². The summed E-state index contributed by atoms with van der Waals surface area (Å²) in [7, 11) is 3.17. The summed E-state index contributed by atoms with van der Waals surface area (Å²) in [6.07, 6.45) is -0.692. The Hall–Kier alpha value is -1.52. The van der Waals surface area contributed by atoms with Gasteiger partial charge >= 0.3 is 0 Å². The lowest BCUT2D eigenvalue weighted by molar-refractivity contribution is 0.180. The number of aliphatic imine (C=N–C) groups is 1. The van der Waals surface area contributed by atoms with Gasteiger partial charge in [-0.3, -0.25) is 0 Å². The lowest BCUT2D eigenvalue weighted by Gasteiger charge is -2.17. The molecule has 0 bridgehead atoms. The molecule has 0 aliphatic heterocycles. The van der Waals surface area contributed by atoms with Crippen molar-refractivity contribution in [3.8, 4) is 11.5 Å². The fraction of sp³-hybridized carbons (Fsp3) is 0.421. The highest BCUT2D eigenvalue weighted by atomic mass is 127. The average Bonchev–Trinajstić information content (AvgIpc) is 3.07. The molecule has 150 valence electrons. The van der Waals surface area contributed by atoms with Crippen molar-refractivity contribution in [3.63, 3.8) is 0 Å². The van der Waals surface area contributed by atoms with Crippen molar-refractivity contribution in [2.45, 2.75) is 26.5 Å². The van der Waals surface area contributed by atoms with E-state index in [1.807, 2.05) is 13.0 Å². The summed E-state index contributed by atoms with van der Waals surface area (Å²) in [4.78, 5) is 5.83. The maximum atomic E-state index is 10.5. The number of methoxy groups -OCH3 is 2. The number of aliphatic hydroxyl groups is 1. The monoisotopic (exact) mass is 505 g/mol.